The molecule has 0 aliphatic heterocycles. The van der Waals surface area contributed by atoms with Crippen molar-refractivity contribution in [1.29, 1.82) is 0 Å². The maximum Gasteiger partial charge on any atom is 0.387 e. The summed E-state index contributed by atoms with van der Waals surface area (Å²) in [6.45, 7) is 1.51. The topological polar surface area (TPSA) is 56.5 Å². The number of halogens is 2. The second kappa shape index (κ2) is 6.92. The number of anilines is 1. The molecular weight excluding hydrogens is 282 g/mol. The summed E-state index contributed by atoms with van der Waals surface area (Å²) in [6, 6.07) is 4.67. The third-order valence-corrected chi connectivity index (χ3v) is 2.76. The van der Waals surface area contributed by atoms with E-state index >= 15 is 0 Å². The van der Waals surface area contributed by atoms with Gasteiger partial charge in [-0.2, -0.15) is 8.78 Å². The van der Waals surface area contributed by atoms with Gasteiger partial charge in [0.25, 0.3) is 0 Å². The van der Waals surface area contributed by atoms with Gasteiger partial charge in [-0.1, -0.05) is 0 Å². The molecule has 0 unspecified atom stereocenters. The highest BCUT2D eigenvalue weighted by atomic mass is 19.3. The van der Waals surface area contributed by atoms with Crippen molar-refractivity contribution in [2.75, 3.05) is 11.9 Å². The summed E-state index contributed by atoms with van der Waals surface area (Å²) in [7, 11) is 0. The molecule has 0 aliphatic rings. The molecule has 0 amide bonds. The summed E-state index contributed by atoms with van der Waals surface area (Å²) in [5.74, 6) is 0.978. The highest BCUT2D eigenvalue weighted by Crippen LogP contribution is 2.32. The monoisotopic (exact) mass is 298 g/mol. The van der Waals surface area contributed by atoms with Crippen LogP contribution in [0.2, 0.25) is 0 Å². The van der Waals surface area contributed by atoms with Gasteiger partial charge in [0.2, 0.25) is 0 Å². The Labute approximate surface area is 120 Å². The molecule has 0 bridgehead atoms. The number of ether oxygens (including phenoxy) is 2. The van der Waals surface area contributed by atoms with Gasteiger partial charge in [-0.05, 0) is 26.0 Å². The van der Waals surface area contributed by atoms with Gasteiger partial charge in [0, 0.05) is 11.8 Å². The average molecular weight is 298 g/mol. The first-order chi connectivity index (χ1) is 10.1. The second-order valence-electron chi connectivity index (χ2n) is 4.19. The molecule has 21 heavy (non-hydrogen) atoms. The van der Waals surface area contributed by atoms with E-state index in [2.05, 4.69) is 15.0 Å². The summed E-state index contributed by atoms with van der Waals surface area (Å²) in [5, 5.41) is 3.11. The third kappa shape index (κ3) is 4.08. The molecule has 1 heterocycles. The van der Waals surface area contributed by atoms with Gasteiger partial charge < -0.3 is 19.2 Å². The van der Waals surface area contributed by atoms with Crippen molar-refractivity contribution >= 4 is 5.69 Å². The lowest BCUT2D eigenvalue weighted by Crippen LogP contribution is -2.06. The standard InChI is InChI=1S/C14H16F2N2O3/c1-3-19-12-6-10(4-5-11(12)21-14(15)16)17-7-13-9(2)18-8-20-13/h4-6,8,14,17H,3,7H2,1-2H3. The summed E-state index contributed by atoms with van der Waals surface area (Å²) >= 11 is 0. The van der Waals surface area contributed by atoms with Crippen molar-refractivity contribution in [1.82, 2.24) is 4.98 Å². The van der Waals surface area contributed by atoms with Crippen molar-refractivity contribution in [3.8, 4) is 11.5 Å². The summed E-state index contributed by atoms with van der Waals surface area (Å²) in [5.41, 5.74) is 1.50. The zero-order valence-corrected chi connectivity index (χ0v) is 11.7. The van der Waals surface area contributed by atoms with Crippen LogP contribution in [-0.2, 0) is 6.54 Å². The van der Waals surface area contributed by atoms with Crippen LogP contribution in [0.25, 0.3) is 0 Å². The normalized spacial score (nSPS) is 10.7. The van der Waals surface area contributed by atoms with Crippen molar-refractivity contribution in [2.45, 2.75) is 27.0 Å². The minimum absolute atomic E-state index is 0.00764. The third-order valence-electron chi connectivity index (χ3n) is 2.76. The van der Waals surface area contributed by atoms with Crippen LogP contribution in [0.1, 0.15) is 18.4 Å². The van der Waals surface area contributed by atoms with E-state index < -0.39 is 6.61 Å². The molecule has 2 rings (SSSR count). The Kier molecular flexibility index (Phi) is 4.97. The van der Waals surface area contributed by atoms with E-state index in [9.17, 15) is 8.78 Å². The number of aromatic nitrogens is 1. The van der Waals surface area contributed by atoms with Gasteiger partial charge in [-0.25, -0.2) is 4.98 Å². The molecule has 0 atom stereocenters. The first-order valence-electron chi connectivity index (χ1n) is 6.44. The van der Waals surface area contributed by atoms with E-state index in [0.29, 0.717) is 24.6 Å². The fourth-order valence-corrected chi connectivity index (χ4v) is 1.76. The van der Waals surface area contributed by atoms with Crippen LogP contribution < -0.4 is 14.8 Å². The minimum atomic E-state index is -2.89. The number of oxazole rings is 1. The predicted octanol–water partition coefficient (Wildman–Crippen LogP) is 3.60. The van der Waals surface area contributed by atoms with Crippen LogP contribution in [0.5, 0.6) is 11.5 Å². The molecule has 0 saturated carbocycles. The highest BCUT2D eigenvalue weighted by Gasteiger charge is 2.12. The number of benzene rings is 1. The summed E-state index contributed by atoms with van der Waals surface area (Å²) in [6.07, 6.45) is 1.37. The molecule has 0 saturated heterocycles. The lowest BCUT2D eigenvalue weighted by Gasteiger charge is -2.13. The smallest absolute Gasteiger partial charge is 0.387 e. The van der Waals surface area contributed by atoms with Crippen molar-refractivity contribution in [3.63, 3.8) is 0 Å². The number of aryl methyl sites for hydroxylation is 1. The molecule has 7 heteroatoms. The molecule has 114 valence electrons. The van der Waals surface area contributed by atoms with Gasteiger partial charge in [0.15, 0.2) is 17.9 Å². The second-order valence-corrected chi connectivity index (χ2v) is 4.19. The Morgan fingerprint density at radius 2 is 2.14 bits per heavy atom. The molecule has 0 spiro atoms. The van der Waals surface area contributed by atoms with Gasteiger partial charge in [-0.3, -0.25) is 0 Å². The minimum Gasteiger partial charge on any atom is -0.490 e. The fraction of sp³-hybridized carbons (Fsp3) is 0.357. The van der Waals surface area contributed by atoms with Gasteiger partial charge >= 0.3 is 6.61 Å². The Morgan fingerprint density at radius 1 is 1.33 bits per heavy atom. The largest absolute Gasteiger partial charge is 0.490 e. The first-order valence-corrected chi connectivity index (χ1v) is 6.44. The van der Waals surface area contributed by atoms with E-state index in [1.54, 1.807) is 19.1 Å². The Hall–Kier alpha value is -2.31. The molecule has 0 radical (unpaired) electrons. The molecule has 1 N–H and O–H groups in total. The van der Waals surface area contributed by atoms with E-state index in [1.807, 2.05) is 6.92 Å². The highest BCUT2D eigenvalue weighted by molar-refractivity contribution is 5.54. The first kappa shape index (κ1) is 15.1. The zero-order chi connectivity index (χ0) is 15.2. The van der Waals surface area contributed by atoms with Crippen LogP contribution in [0.3, 0.4) is 0 Å². The van der Waals surface area contributed by atoms with Crippen LogP contribution in [0.15, 0.2) is 29.0 Å². The molecule has 1 aromatic carbocycles. The maximum absolute atomic E-state index is 12.3. The molecule has 1 aromatic heterocycles. The number of hydrogen-bond donors (Lipinski definition) is 1. The van der Waals surface area contributed by atoms with E-state index in [1.165, 1.54) is 12.5 Å². The molecule has 2 aromatic rings. The predicted molar refractivity (Wildman–Crippen MR) is 72.8 cm³/mol. The number of alkyl halides is 2. The Morgan fingerprint density at radius 3 is 2.76 bits per heavy atom. The fourth-order valence-electron chi connectivity index (χ4n) is 1.76. The van der Waals surface area contributed by atoms with Crippen LogP contribution in [0.4, 0.5) is 14.5 Å². The van der Waals surface area contributed by atoms with E-state index in [-0.39, 0.29) is 11.5 Å². The molecule has 0 aliphatic carbocycles. The summed E-state index contributed by atoms with van der Waals surface area (Å²) in [4.78, 5) is 3.99. The molecular formula is C14H16F2N2O3. The number of nitrogens with zero attached hydrogens (tertiary/aromatic N) is 1. The number of nitrogens with one attached hydrogen (secondary N) is 1. The van der Waals surface area contributed by atoms with Crippen molar-refractivity contribution in [2.24, 2.45) is 0 Å². The number of hydrogen-bond acceptors (Lipinski definition) is 5. The lowest BCUT2D eigenvalue weighted by atomic mass is 10.2. The maximum atomic E-state index is 12.3. The molecule has 5 nitrogen and oxygen atoms in total. The van der Waals surface area contributed by atoms with Crippen LogP contribution >= 0.6 is 0 Å². The van der Waals surface area contributed by atoms with Gasteiger partial charge in [0.1, 0.15) is 5.76 Å². The van der Waals surface area contributed by atoms with Crippen LogP contribution in [-0.4, -0.2) is 18.2 Å². The van der Waals surface area contributed by atoms with E-state index in [4.69, 9.17) is 9.15 Å². The molecule has 0 fully saturated rings. The Balaban J connectivity index is 2.09. The Bertz CT molecular complexity index is 587. The SMILES string of the molecule is CCOc1cc(NCc2ocnc2C)ccc1OC(F)F. The summed E-state index contributed by atoms with van der Waals surface area (Å²) < 4.78 is 39.5. The van der Waals surface area contributed by atoms with E-state index in [0.717, 1.165) is 5.69 Å². The van der Waals surface area contributed by atoms with Gasteiger partial charge in [0.05, 0.1) is 18.8 Å². The average Bonchev–Trinajstić information content (AvgIpc) is 2.84. The zero-order valence-electron chi connectivity index (χ0n) is 11.7. The van der Waals surface area contributed by atoms with Crippen LogP contribution in [0, 0.1) is 6.92 Å². The number of rotatable bonds is 7. The lowest BCUT2D eigenvalue weighted by molar-refractivity contribution is -0.0514. The van der Waals surface area contributed by atoms with Crippen molar-refractivity contribution in [3.05, 3.63) is 36.0 Å². The quantitative estimate of drug-likeness (QED) is 0.846. The van der Waals surface area contributed by atoms with Crippen molar-refractivity contribution < 1.29 is 22.7 Å². The van der Waals surface area contributed by atoms with Gasteiger partial charge in [-0.15, -0.1) is 0 Å².